The second-order valence-corrected chi connectivity index (χ2v) is 4.94. The van der Waals surface area contributed by atoms with Crippen LogP contribution in [0.2, 0.25) is 0 Å². The lowest BCUT2D eigenvalue weighted by atomic mass is 10.4. The van der Waals surface area contributed by atoms with E-state index in [0.29, 0.717) is 11.5 Å². The van der Waals surface area contributed by atoms with Gasteiger partial charge in [-0.15, -0.1) is 0 Å². The minimum Gasteiger partial charge on any atom is -0.384 e. The summed E-state index contributed by atoms with van der Waals surface area (Å²) in [5.41, 5.74) is 5.76. The minimum atomic E-state index is -3.60. The van der Waals surface area contributed by atoms with Crippen molar-refractivity contribution in [1.29, 1.82) is 0 Å². The predicted octanol–water partition coefficient (Wildman–Crippen LogP) is 0.860. The maximum absolute atomic E-state index is 11.9. The average molecular weight is 250 g/mol. The van der Waals surface area contributed by atoms with E-state index >= 15 is 0 Å². The van der Waals surface area contributed by atoms with Crippen LogP contribution in [0.1, 0.15) is 0 Å². The zero-order valence-electron chi connectivity index (χ0n) is 8.74. The molecule has 0 aliphatic carbocycles. The van der Waals surface area contributed by atoms with Crippen LogP contribution in [0.5, 0.6) is 0 Å². The van der Waals surface area contributed by atoms with Crippen molar-refractivity contribution >= 4 is 21.5 Å². The third-order valence-electron chi connectivity index (χ3n) is 2.00. The van der Waals surface area contributed by atoms with E-state index in [4.69, 9.17) is 5.73 Å². The van der Waals surface area contributed by atoms with E-state index < -0.39 is 10.0 Å². The predicted molar refractivity (Wildman–Crippen MR) is 63.7 cm³/mol. The number of nitrogen functional groups attached to an aromatic ring is 1. The lowest BCUT2D eigenvalue weighted by Crippen LogP contribution is -2.13. The summed E-state index contributed by atoms with van der Waals surface area (Å²) in [4.78, 5) is 7.69. The molecule has 0 atom stereocenters. The lowest BCUT2D eigenvalue weighted by molar-refractivity contribution is 0.601. The second kappa shape index (κ2) is 4.38. The Balaban J connectivity index is 2.27. The second-order valence-electron chi connectivity index (χ2n) is 3.26. The largest absolute Gasteiger partial charge is 0.384 e. The molecule has 0 saturated heterocycles. The molecular weight excluding hydrogens is 240 g/mol. The Morgan fingerprint density at radius 2 is 1.82 bits per heavy atom. The molecule has 2 aromatic heterocycles. The van der Waals surface area contributed by atoms with Gasteiger partial charge < -0.3 is 5.73 Å². The summed E-state index contributed by atoms with van der Waals surface area (Å²) in [6.45, 7) is 0. The molecule has 0 aromatic carbocycles. The molecule has 0 saturated carbocycles. The highest BCUT2D eigenvalue weighted by molar-refractivity contribution is 7.92. The van der Waals surface area contributed by atoms with E-state index in [-0.39, 0.29) is 4.90 Å². The van der Waals surface area contributed by atoms with Crippen molar-refractivity contribution in [2.24, 2.45) is 0 Å². The first kappa shape index (κ1) is 11.3. The summed E-state index contributed by atoms with van der Waals surface area (Å²) in [5.74, 6) is 0.330. The lowest BCUT2D eigenvalue weighted by Gasteiger charge is -2.07. The molecule has 2 rings (SSSR count). The summed E-state index contributed by atoms with van der Waals surface area (Å²) >= 11 is 0. The molecule has 0 bridgehead atoms. The Morgan fingerprint density at radius 1 is 1.12 bits per heavy atom. The molecule has 88 valence electrons. The van der Waals surface area contributed by atoms with Crippen molar-refractivity contribution in [1.82, 2.24) is 9.97 Å². The fourth-order valence-corrected chi connectivity index (χ4v) is 2.23. The average Bonchev–Trinajstić information content (AvgIpc) is 2.33. The molecule has 0 spiro atoms. The molecule has 6 nitrogen and oxygen atoms in total. The van der Waals surface area contributed by atoms with Gasteiger partial charge in [0.05, 0.1) is 16.8 Å². The fourth-order valence-electron chi connectivity index (χ4n) is 1.20. The standard InChI is InChI=1S/C10H10N4O2S/c11-10-2-1-8(7-13-10)14-17(15,16)9-3-5-12-6-4-9/h1-7,14H,(H2,11,13). The number of nitrogens with two attached hydrogens (primary N) is 1. The monoisotopic (exact) mass is 250 g/mol. The summed E-state index contributed by atoms with van der Waals surface area (Å²) in [5, 5.41) is 0. The summed E-state index contributed by atoms with van der Waals surface area (Å²) < 4.78 is 26.2. The van der Waals surface area contributed by atoms with Gasteiger partial charge >= 0.3 is 0 Å². The molecule has 0 aliphatic rings. The number of pyridine rings is 2. The number of sulfonamides is 1. The van der Waals surface area contributed by atoms with Gasteiger partial charge in [0, 0.05) is 12.4 Å². The van der Waals surface area contributed by atoms with Gasteiger partial charge in [0.2, 0.25) is 0 Å². The Hall–Kier alpha value is -2.15. The molecule has 7 heteroatoms. The number of hydrogen-bond acceptors (Lipinski definition) is 5. The molecule has 3 N–H and O–H groups in total. The number of anilines is 2. The highest BCUT2D eigenvalue weighted by atomic mass is 32.2. The van der Waals surface area contributed by atoms with Gasteiger partial charge in [-0.05, 0) is 24.3 Å². The highest BCUT2D eigenvalue weighted by Gasteiger charge is 2.13. The molecule has 2 aromatic rings. The summed E-state index contributed by atoms with van der Waals surface area (Å²) in [6, 6.07) is 5.88. The third kappa shape index (κ3) is 2.70. The van der Waals surface area contributed by atoms with E-state index in [9.17, 15) is 8.42 Å². The summed E-state index contributed by atoms with van der Waals surface area (Å²) in [7, 11) is -3.60. The molecule has 0 aliphatic heterocycles. The maximum Gasteiger partial charge on any atom is 0.262 e. The summed E-state index contributed by atoms with van der Waals surface area (Å²) in [6.07, 6.45) is 4.18. The number of hydrogen-bond donors (Lipinski definition) is 2. The third-order valence-corrected chi connectivity index (χ3v) is 3.40. The van der Waals surface area contributed by atoms with Crippen LogP contribution in [0.4, 0.5) is 11.5 Å². The van der Waals surface area contributed by atoms with Gasteiger partial charge in [0.1, 0.15) is 5.82 Å². The van der Waals surface area contributed by atoms with Crippen LogP contribution in [0, 0.1) is 0 Å². The van der Waals surface area contributed by atoms with Crippen LogP contribution in [0.3, 0.4) is 0 Å². The van der Waals surface area contributed by atoms with Crippen LogP contribution in [-0.4, -0.2) is 18.4 Å². The Bertz CT molecular complexity index is 596. The number of nitrogens with one attached hydrogen (secondary N) is 1. The van der Waals surface area contributed by atoms with Crippen LogP contribution in [-0.2, 0) is 10.0 Å². The maximum atomic E-state index is 11.9. The van der Waals surface area contributed by atoms with Crippen molar-refractivity contribution in [3.8, 4) is 0 Å². The van der Waals surface area contributed by atoms with Crippen LogP contribution >= 0.6 is 0 Å². The first-order valence-corrected chi connectivity index (χ1v) is 6.20. The number of aromatic nitrogens is 2. The zero-order chi connectivity index (χ0) is 12.3. The van der Waals surface area contributed by atoms with Crippen molar-refractivity contribution in [3.63, 3.8) is 0 Å². The smallest absolute Gasteiger partial charge is 0.262 e. The molecule has 0 fully saturated rings. The van der Waals surface area contributed by atoms with E-state index in [1.807, 2.05) is 0 Å². The Morgan fingerprint density at radius 3 is 2.41 bits per heavy atom. The highest BCUT2D eigenvalue weighted by Crippen LogP contribution is 2.14. The SMILES string of the molecule is Nc1ccc(NS(=O)(=O)c2ccncc2)cn1. The van der Waals surface area contributed by atoms with E-state index in [1.165, 1.54) is 36.8 Å². The van der Waals surface area contributed by atoms with E-state index in [0.717, 1.165) is 0 Å². The van der Waals surface area contributed by atoms with Crippen LogP contribution < -0.4 is 10.5 Å². The van der Waals surface area contributed by atoms with Gasteiger partial charge in [-0.1, -0.05) is 0 Å². The van der Waals surface area contributed by atoms with E-state index in [2.05, 4.69) is 14.7 Å². The van der Waals surface area contributed by atoms with Crippen LogP contribution in [0.25, 0.3) is 0 Å². The Labute approximate surface area is 98.6 Å². The number of rotatable bonds is 3. The normalized spacial score (nSPS) is 11.1. The number of nitrogens with zero attached hydrogens (tertiary/aromatic N) is 2. The van der Waals surface area contributed by atoms with Crippen molar-refractivity contribution < 1.29 is 8.42 Å². The minimum absolute atomic E-state index is 0.143. The van der Waals surface area contributed by atoms with Crippen molar-refractivity contribution in [2.75, 3.05) is 10.5 Å². The van der Waals surface area contributed by atoms with E-state index in [1.54, 1.807) is 6.07 Å². The van der Waals surface area contributed by atoms with Gasteiger partial charge in [0.25, 0.3) is 10.0 Å². The van der Waals surface area contributed by atoms with Gasteiger partial charge in [-0.2, -0.15) is 0 Å². The molecule has 2 heterocycles. The first-order valence-electron chi connectivity index (χ1n) is 4.72. The molecule has 0 unspecified atom stereocenters. The van der Waals surface area contributed by atoms with Crippen LogP contribution in [0.15, 0.2) is 47.8 Å². The Kier molecular flexibility index (Phi) is 2.92. The topological polar surface area (TPSA) is 98.0 Å². The van der Waals surface area contributed by atoms with Gasteiger partial charge in [-0.25, -0.2) is 13.4 Å². The quantitative estimate of drug-likeness (QED) is 0.841. The molecule has 0 radical (unpaired) electrons. The fraction of sp³-hybridized carbons (Fsp3) is 0. The molecular formula is C10H10N4O2S. The first-order chi connectivity index (χ1) is 8.08. The zero-order valence-corrected chi connectivity index (χ0v) is 9.55. The van der Waals surface area contributed by atoms with Crippen molar-refractivity contribution in [2.45, 2.75) is 4.90 Å². The van der Waals surface area contributed by atoms with Gasteiger partial charge in [0.15, 0.2) is 0 Å². The molecule has 17 heavy (non-hydrogen) atoms. The van der Waals surface area contributed by atoms with Gasteiger partial charge in [-0.3, -0.25) is 9.71 Å². The molecule has 0 amide bonds. The van der Waals surface area contributed by atoms with Crippen molar-refractivity contribution in [3.05, 3.63) is 42.9 Å².